The molecule has 3 heterocycles. The summed E-state index contributed by atoms with van der Waals surface area (Å²) in [4.78, 5) is 12.1. The fraction of sp³-hybridized carbons (Fsp3) is 0.294. The summed E-state index contributed by atoms with van der Waals surface area (Å²) in [6, 6.07) is 11.7. The predicted molar refractivity (Wildman–Crippen MR) is 88.0 cm³/mol. The van der Waals surface area contributed by atoms with Crippen LogP contribution in [0.4, 0.5) is 0 Å². The Morgan fingerprint density at radius 1 is 1.22 bits per heavy atom. The van der Waals surface area contributed by atoms with E-state index in [0.717, 1.165) is 17.8 Å². The van der Waals surface area contributed by atoms with Crippen LogP contribution in [0.2, 0.25) is 0 Å². The number of nitrogens with zero attached hydrogens (tertiary/aromatic N) is 3. The summed E-state index contributed by atoms with van der Waals surface area (Å²) < 4.78 is 8.98. The van der Waals surface area contributed by atoms with Gasteiger partial charge in [0.2, 0.25) is 0 Å². The molecule has 23 heavy (non-hydrogen) atoms. The van der Waals surface area contributed by atoms with E-state index in [2.05, 4.69) is 10.4 Å². The highest BCUT2D eigenvalue weighted by atomic mass is 16.5. The van der Waals surface area contributed by atoms with Crippen molar-refractivity contribution >= 4 is 11.4 Å². The van der Waals surface area contributed by atoms with Crippen LogP contribution in [0, 0.1) is 0 Å². The number of carbonyl (C=O) groups is 1. The first kappa shape index (κ1) is 15.3. The molecule has 0 saturated heterocycles. The van der Waals surface area contributed by atoms with Gasteiger partial charge >= 0.3 is 0 Å². The van der Waals surface area contributed by atoms with Crippen LogP contribution in [0.5, 0.6) is 0 Å². The largest absolute Gasteiger partial charge is 0.382 e. The van der Waals surface area contributed by atoms with Crippen molar-refractivity contribution in [3.05, 3.63) is 54.5 Å². The Bertz CT molecular complexity index is 791. The molecule has 1 N–H and O–H groups in total. The van der Waals surface area contributed by atoms with Crippen LogP contribution in [0.1, 0.15) is 23.8 Å². The van der Waals surface area contributed by atoms with Gasteiger partial charge < -0.3 is 14.5 Å². The highest BCUT2D eigenvalue weighted by Crippen LogP contribution is 2.13. The molecule has 0 bridgehead atoms. The van der Waals surface area contributed by atoms with E-state index in [9.17, 15) is 4.79 Å². The molecule has 0 aromatic carbocycles. The van der Waals surface area contributed by atoms with Crippen LogP contribution in [-0.2, 0) is 4.74 Å². The summed E-state index contributed by atoms with van der Waals surface area (Å²) in [6.07, 6.45) is 4.56. The summed E-state index contributed by atoms with van der Waals surface area (Å²) in [7, 11) is 0. The Hall–Kier alpha value is -2.60. The minimum Gasteiger partial charge on any atom is -0.382 e. The third-order valence-corrected chi connectivity index (χ3v) is 3.55. The second-order valence-corrected chi connectivity index (χ2v) is 5.14. The molecule has 0 aliphatic carbocycles. The molecule has 1 amide bonds. The summed E-state index contributed by atoms with van der Waals surface area (Å²) >= 11 is 0. The minimum atomic E-state index is -0.166. The van der Waals surface area contributed by atoms with Gasteiger partial charge in [0, 0.05) is 37.7 Å². The quantitative estimate of drug-likeness (QED) is 0.681. The first-order valence-electron chi connectivity index (χ1n) is 7.77. The number of hydrogen-bond acceptors (Lipinski definition) is 3. The van der Waals surface area contributed by atoms with Crippen molar-refractivity contribution in [2.75, 3.05) is 19.8 Å². The lowest BCUT2D eigenvalue weighted by Crippen LogP contribution is -2.25. The third kappa shape index (κ3) is 3.43. The van der Waals surface area contributed by atoms with E-state index >= 15 is 0 Å². The van der Waals surface area contributed by atoms with Crippen LogP contribution >= 0.6 is 0 Å². The normalized spacial score (nSPS) is 11.0. The first-order valence-corrected chi connectivity index (χ1v) is 7.77. The molecule has 0 saturated carbocycles. The number of carbonyl (C=O) groups excluding carboxylic acids is 1. The molecular weight excluding hydrogens is 292 g/mol. The van der Waals surface area contributed by atoms with Gasteiger partial charge in [-0.3, -0.25) is 4.79 Å². The molecule has 0 unspecified atom stereocenters. The second kappa shape index (κ2) is 7.11. The maximum absolute atomic E-state index is 12.1. The molecular formula is C17H20N4O2. The standard InChI is InChI=1S/C17H20N4O2/c1-2-23-13-5-10-18-17(22)15-9-12-21(19-15)16-8-7-14-6-3-4-11-20(14)16/h3-4,6-9,11-12H,2,5,10,13H2,1H3,(H,18,22). The SMILES string of the molecule is CCOCCCNC(=O)c1ccn(-c2ccc3ccccn23)n1. The van der Waals surface area contributed by atoms with Gasteiger partial charge in [0.25, 0.3) is 5.91 Å². The first-order chi connectivity index (χ1) is 11.3. The van der Waals surface area contributed by atoms with Gasteiger partial charge in [0.05, 0.1) is 0 Å². The second-order valence-electron chi connectivity index (χ2n) is 5.14. The summed E-state index contributed by atoms with van der Waals surface area (Å²) in [6.45, 7) is 3.89. The lowest BCUT2D eigenvalue weighted by Gasteiger charge is -2.04. The molecule has 0 aliphatic rings. The highest BCUT2D eigenvalue weighted by Gasteiger charge is 2.11. The Labute approximate surface area is 134 Å². The monoisotopic (exact) mass is 312 g/mol. The van der Waals surface area contributed by atoms with E-state index in [-0.39, 0.29) is 5.91 Å². The lowest BCUT2D eigenvalue weighted by molar-refractivity contribution is 0.0939. The maximum Gasteiger partial charge on any atom is 0.271 e. The molecule has 6 nitrogen and oxygen atoms in total. The molecule has 0 atom stereocenters. The van der Waals surface area contributed by atoms with Crippen molar-refractivity contribution in [1.29, 1.82) is 0 Å². The number of aromatic nitrogens is 3. The van der Waals surface area contributed by atoms with Gasteiger partial charge in [-0.05, 0) is 43.7 Å². The van der Waals surface area contributed by atoms with E-state index in [1.54, 1.807) is 16.9 Å². The number of pyridine rings is 1. The Balaban J connectivity index is 1.67. The average molecular weight is 312 g/mol. The minimum absolute atomic E-state index is 0.166. The van der Waals surface area contributed by atoms with Crippen molar-refractivity contribution < 1.29 is 9.53 Å². The number of hydrogen-bond donors (Lipinski definition) is 1. The van der Waals surface area contributed by atoms with E-state index < -0.39 is 0 Å². The highest BCUT2D eigenvalue weighted by molar-refractivity contribution is 5.92. The van der Waals surface area contributed by atoms with Crippen LogP contribution < -0.4 is 5.32 Å². The topological polar surface area (TPSA) is 60.6 Å². The van der Waals surface area contributed by atoms with Crippen molar-refractivity contribution in [1.82, 2.24) is 19.5 Å². The summed E-state index contributed by atoms with van der Waals surface area (Å²) in [5.74, 6) is 0.733. The fourth-order valence-corrected chi connectivity index (χ4v) is 2.41. The Morgan fingerprint density at radius 3 is 3.00 bits per heavy atom. The fourth-order valence-electron chi connectivity index (χ4n) is 2.41. The van der Waals surface area contributed by atoms with Crippen molar-refractivity contribution in [3.63, 3.8) is 0 Å². The molecule has 0 fully saturated rings. The van der Waals surface area contributed by atoms with Gasteiger partial charge in [-0.1, -0.05) is 6.07 Å². The molecule has 120 valence electrons. The van der Waals surface area contributed by atoms with Gasteiger partial charge in [-0.25, -0.2) is 4.68 Å². The number of rotatable bonds is 7. The number of amides is 1. The molecule has 0 aliphatic heterocycles. The Kier molecular flexibility index (Phi) is 4.73. The molecule has 3 aromatic heterocycles. The van der Waals surface area contributed by atoms with E-state index in [1.807, 2.05) is 47.9 Å². The summed E-state index contributed by atoms with van der Waals surface area (Å²) in [5.41, 5.74) is 1.49. The van der Waals surface area contributed by atoms with E-state index in [0.29, 0.717) is 25.5 Å². The van der Waals surface area contributed by atoms with Crippen LogP contribution in [0.3, 0.4) is 0 Å². The molecule has 0 spiro atoms. The summed E-state index contributed by atoms with van der Waals surface area (Å²) in [5, 5.41) is 7.22. The zero-order valence-corrected chi connectivity index (χ0v) is 13.1. The molecule has 3 aromatic rings. The Morgan fingerprint density at radius 2 is 2.13 bits per heavy atom. The van der Waals surface area contributed by atoms with Gasteiger partial charge in [-0.15, -0.1) is 0 Å². The number of nitrogens with one attached hydrogen (secondary N) is 1. The lowest BCUT2D eigenvalue weighted by atomic mass is 10.4. The number of fused-ring (bicyclic) bond motifs is 1. The zero-order chi connectivity index (χ0) is 16.1. The number of ether oxygens (including phenoxy) is 1. The predicted octanol–water partition coefficient (Wildman–Crippen LogP) is 2.28. The van der Waals surface area contributed by atoms with Crippen LogP contribution in [-0.4, -0.2) is 39.8 Å². The van der Waals surface area contributed by atoms with Gasteiger partial charge in [0.1, 0.15) is 5.82 Å². The van der Waals surface area contributed by atoms with Crippen molar-refractivity contribution in [2.24, 2.45) is 0 Å². The van der Waals surface area contributed by atoms with Gasteiger partial charge in [-0.2, -0.15) is 5.10 Å². The van der Waals surface area contributed by atoms with Crippen molar-refractivity contribution in [2.45, 2.75) is 13.3 Å². The van der Waals surface area contributed by atoms with Gasteiger partial charge in [0.15, 0.2) is 5.69 Å². The average Bonchev–Trinajstić information content (AvgIpc) is 3.21. The molecule has 3 rings (SSSR count). The third-order valence-electron chi connectivity index (χ3n) is 3.55. The van der Waals surface area contributed by atoms with E-state index in [1.165, 1.54) is 0 Å². The molecule has 6 heteroatoms. The smallest absolute Gasteiger partial charge is 0.271 e. The van der Waals surface area contributed by atoms with Crippen LogP contribution in [0.25, 0.3) is 11.3 Å². The maximum atomic E-state index is 12.1. The van der Waals surface area contributed by atoms with Crippen LogP contribution in [0.15, 0.2) is 48.8 Å². The van der Waals surface area contributed by atoms with E-state index in [4.69, 9.17) is 4.74 Å². The zero-order valence-electron chi connectivity index (χ0n) is 13.1. The van der Waals surface area contributed by atoms with Crippen molar-refractivity contribution in [3.8, 4) is 5.82 Å². The molecule has 0 radical (unpaired) electrons.